The lowest BCUT2D eigenvalue weighted by atomic mass is 10.0. The third-order valence-electron chi connectivity index (χ3n) is 3.54. The third-order valence-corrected chi connectivity index (χ3v) is 4.76. The quantitative estimate of drug-likeness (QED) is 0.920. The highest BCUT2D eigenvalue weighted by molar-refractivity contribution is 8.00. The summed E-state index contributed by atoms with van der Waals surface area (Å²) in [6, 6.07) is 7.02. The van der Waals surface area contributed by atoms with Crippen LogP contribution in [0.25, 0.3) is 0 Å². The summed E-state index contributed by atoms with van der Waals surface area (Å²) in [6.07, 6.45) is 0.962. The van der Waals surface area contributed by atoms with E-state index >= 15 is 0 Å². The molecule has 0 aliphatic carbocycles. The van der Waals surface area contributed by atoms with Gasteiger partial charge in [0.25, 0.3) is 0 Å². The molecule has 1 fully saturated rings. The maximum Gasteiger partial charge on any atom is 0.0400 e. The van der Waals surface area contributed by atoms with Crippen LogP contribution in [-0.2, 0) is 6.42 Å². The van der Waals surface area contributed by atoms with Crippen molar-refractivity contribution in [1.82, 2.24) is 0 Å². The highest BCUT2D eigenvalue weighted by Crippen LogP contribution is 2.31. The van der Waals surface area contributed by atoms with Gasteiger partial charge in [0.15, 0.2) is 0 Å². The van der Waals surface area contributed by atoms with Crippen LogP contribution in [0.15, 0.2) is 18.2 Å². The lowest BCUT2D eigenvalue weighted by molar-refractivity contribution is 0.705. The van der Waals surface area contributed by atoms with Crippen LogP contribution < -0.4 is 10.6 Å². The van der Waals surface area contributed by atoms with Gasteiger partial charge in [-0.05, 0) is 31.9 Å². The first-order chi connectivity index (χ1) is 8.95. The number of aryl methyl sites for hydroxylation is 1. The monoisotopic (exact) mass is 278 g/mol. The molecule has 2 rings (SSSR count). The molecule has 0 saturated carbocycles. The first kappa shape index (κ1) is 14.7. The Kier molecular flexibility index (Phi) is 4.80. The van der Waals surface area contributed by atoms with E-state index in [9.17, 15) is 0 Å². The van der Waals surface area contributed by atoms with Crippen molar-refractivity contribution in [2.75, 3.05) is 18.0 Å². The average Bonchev–Trinajstić information content (AvgIpc) is 2.26. The lowest BCUT2D eigenvalue weighted by Crippen LogP contribution is -2.41. The van der Waals surface area contributed by atoms with Crippen LogP contribution in [0.2, 0.25) is 0 Å². The fraction of sp³-hybridized carbons (Fsp3) is 0.625. The first-order valence-electron chi connectivity index (χ1n) is 7.21. The molecule has 3 atom stereocenters. The molecule has 1 aromatic rings. The van der Waals surface area contributed by atoms with Crippen LogP contribution >= 0.6 is 11.8 Å². The summed E-state index contributed by atoms with van der Waals surface area (Å²) in [5, 5.41) is 1.40. The van der Waals surface area contributed by atoms with E-state index in [-0.39, 0.29) is 6.04 Å². The topological polar surface area (TPSA) is 29.3 Å². The molecule has 106 valence electrons. The number of anilines is 1. The predicted octanol–water partition coefficient (Wildman–Crippen LogP) is 3.21. The summed E-state index contributed by atoms with van der Waals surface area (Å²) in [7, 11) is 0. The van der Waals surface area contributed by atoms with E-state index in [0.717, 1.165) is 19.5 Å². The first-order valence-corrected chi connectivity index (χ1v) is 8.15. The lowest BCUT2D eigenvalue weighted by Gasteiger charge is -2.37. The Morgan fingerprint density at radius 1 is 1.32 bits per heavy atom. The Bertz CT molecular complexity index is 421. The van der Waals surface area contributed by atoms with Gasteiger partial charge in [-0.3, -0.25) is 0 Å². The molecule has 19 heavy (non-hydrogen) atoms. The Morgan fingerprint density at radius 2 is 1.95 bits per heavy atom. The van der Waals surface area contributed by atoms with Crippen molar-refractivity contribution in [1.29, 1.82) is 0 Å². The standard InChI is InChI=1S/C16H26N2S/c1-11-5-6-16(15(7-11)8-12(2)17)18-9-13(3)19-14(4)10-18/h5-7,12-14H,8-10,17H2,1-4H3. The second kappa shape index (κ2) is 6.19. The van der Waals surface area contributed by atoms with Gasteiger partial charge >= 0.3 is 0 Å². The number of hydrogen-bond acceptors (Lipinski definition) is 3. The summed E-state index contributed by atoms with van der Waals surface area (Å²) in [5.41, 5.74) is 10.1. The van der Waals surface area contributed by atoms with E-state index in [1.54, 1.807) is 0 Å². The minimum atomic E-state index is 0.217. The number of hydrogen-bond donors (Lipinski definition) is 1. The fourth-order valence-corrected chi connectivity index (χ4v) is 4.23. The van der Waals surface area contributed by atoms with E-state index < -0.39 is 0 Å². The minimum Gasteiger partial charge on any atom is -0.369 e. The summed E-state index contributed by atoms with van der Waals surface area (Å²) in [5.74, 6) is 0. The van der Waals surface area contributed by atoms with Crippen LogP contribution in [0.3, 0.4) is 0 Å². The van der Waals surface area contributed by atoms with E-state index in [1.165, 1.54) is 16.8 Å². The fourth-order valence-electron chi connectivity index (χ4n) is 2.91. The van der Waals surface area contributed by atoms with Crippen LogP contribution in [0, 0.1) is 6.92 Å². The molecule has 1 aliphatic heterocycles. The molecule has 3 unspecified atom stereocenters. The largest absolute Gasteiger partial charge is 0.369 e. The number of rotatable bonds is 3. The van der Waals surface area contributed by atoms with Crippen molar-refractivity contribution in [2.45, 2.75) is 50.7 Å². The van der Waals surface area contributed by atoms with E-state index in [4.69, 9.17) is 5.73 Å². The van der Waals surface area contributed by atoms with Gasteiger partial charge in [-0.15, -0.1) is 0 Å². The number of benzene rings is 1. The smallest absolute Gasteiger partial charge is 0.0400 e. The molecule has 0 radical (unpaired) electrons. The molecule has 0 bridgehead atoms. The van der Waals surface area contributed by atoms with Gasteiger partial charge < -0.3 is 10.6 Å². The second-order valence-corrected chi connectivity index (χ2v) is 7.86. The normalized spacial score (nSPS) is 25.4. The number of thioether (sulfide) groups is 1. The van der Waals surface area contributed by atoms with Gasteiger partial charge in [-0.2, -0.15) is 11.8 Å². The zero-order chi connectivity index (χ0) is 14.0. The van der Waals surface area contributed by atoms with Crippen molar-refractivity contribution in [3.05, 3.63) is 29.3 Å². The van der Waals surface area contributed by atoms with Gasteiger partial charge in [0.05, 0.1) is 0 Å². The Morgan fingerprint density at radius 3 is 2.53 bits per heavy atom. The summed E-state index contributed by atoms with van der Waals surface area (Å²) in [4.78, 5) is 2.54. The zero-order valence-electron chi connectivity index (χ0n) is 12.5. The van der Waals surface area contributed by atoms with Gasteiger partial charge in [0.1, 0.15) is 0 Å². The molecule has 1 aliphatic rings. The van der Waals surface area contributed by atoms with Crippen LogP contribution in [0.4, 0.5) is 5.69 Å². The Balaban J connectivity index is 2.27. The van der Waals surface area contributed by atoms with E-state index in [0.29, 0.717) is 10.5 Å². The molecule has 0 spiro atoms. The molecule has 2 N–H and O–H groups in total. The van der Waals surface area contributed by atoms with Crippen LogP contribution in [-0.4, -0.2) is 29.6 Å². The zero-order valence-corrected chi connectivity index (χ0v) is 13.3. The van der Waals surface area contributed by atoms with Gasteiger partial charge in [0, 0.05) is 35.3 Å². The highest BCUT2D eigenvalue weighted by Gasteiger charge is 2.24. The molecular weight excluding hydrogens is 252 g/mol. The van der Waals surface area contributed by atoms with Crippen LogP contribution in [0.1, 0.15) is 31.9 Å². The summed E-state index contributed by atoms with van der Waals surface area (Å²) in [6.45, 7) is 11.2. The molecule has 3 heteroatoms. The van der Waals surface area contributed by atoms with Crippen molar-refractivity contribution >= 4 is 17.4 Å². The molecule has 0 aromatic heterocycles. The van der Waals surface area contributed by atoms with E-state index in [2.05, 4.69) is 62.6 Å². The maximum atomic E-state index is 6.00. The highest BCUT2D eigenvalue weighted by atomic mass is 32.2. The van der Waals surface area contributed by atoms with Gasteiger partial charge in [0.2, 0.25) is 0 Å². The van der Waals surface area contributed by atoms with Crippen molar-refractivity contribution < 1.29 is 0 Å². The van der Waals surface area contributed by atoms with Crippen LogP contribution in [0.5, 0.6) is 0 Å². The second-order valence-electron chi connectivity index (χ2n) is 5.98. The molecule has 0 amide bonds. The average molecular weight is 278 g/mol. The SMILES string of the molecule is Cc1ccc(N2CC(C)SC(C)C2)c(CC(C)N)c1. The van der Waals surface area contributed by atoms with Gasteiger partial charge in [-0.25, -0.2) is 0 Å². The number of nitrogens with two attached hydrogens (primary N) is 1. The summed E-state index contributed by atoms with van der Waals surface area (Å²) < 4.78 is 0. The van der Waals surface area contributed by atoms with Crippen molar-refractivity contribution in [3.8, 4) is 0 Å². The predicted molar refractivity (Wildman–Crippen MR) is 87.3 cm³/mol. The molecule has 1 saturated heterocycles. The molecular formula is C16H26N2S. The van der Waals surface area contributed by atoms with E-state index in [1.807, 2.05) is 0 Å². The van der Waals surface area contributed by atoms with Gasteiger partial charge in [-0.1, -0.05) is 31.5 Å². The maximum absolute atomic E-state index is 6.00. The third kappa shape index (κ3) is 3.90. The molecule has 2 nitrogen and oxygen atoms in total. The molecule has 1 heterocycles. The summed E-state index contributed by atoms with van der Waals surface area (Å²) >= 11 is 2.10. The van der Waals surface area contributed by atoms with Crippen molar-refractivity contribution in [2.24, 2.45) is 5.73 Å². The Labute approximate surface area is 121 Å². The molecule has 1 aromatic carbocycles. The Hall–Kier alpha value is -0.670. The number of nitrogens with zero attached hydrogens (tertiary/aromatic N) is 1. The van der Waals surface area contributed by atoms with Crippen molar-refractivity contribution in [3.63, 3.8) is 0 Å². The minimum absolute atomic E-state index is 0.217.